The Kier molecular flexibility index (Phi) is 4.57. The maximum absolute atomic E-state index is 11.9. The quantitative estimate of drug-likeness (QED) is 0.459. The number of hydrogen-bond donors (Lipinski definition) is 0. The second-order valence-corrected chi connectivity index (χ2v) is 6.76. The maximum Gasteiger partial charge on any atom is 0.497 e. The van der Waals surface area contributed by atoms with Crippen molar-refractivity contribution in [2.24, 2.45) is 0 Å². The molecule has 0 aromatic carbocycles. The second-order valence-electron chi connectivity index (χ2n) is 6.01. The van der Waals surface area contributed by atoms with E-state index in [0.717, 1.165) is 0 Å². The van der Waals surface area contributed by atoms with E-state index in [0.29, 0.717) is 10.1 Å². The van der Waals surface area contributed by atoms with Crippen LogP contribution in [0.15, 0.2) is 10.7 Å². The smallest absolute Gasteiger partial charge is 0.480 e. The highest BCUT2D eigenvalue weighted by atomic mass is 79.9. The van der Waals surface area contributed by atoms with Gasteiger partial charge in [0, 0.05) is 5.46 Å². The van der Waals surface area contributed by atoms with Gasteiger partial charge in [-0.05, 0) is 49.7 Å². The highest BCUT2D eigenvalue weighted by Crippen LogP contribution is 2.37. The third-order valence-electron chi connectivity index (χ3n) is 4.07. The Bertz CT molecular complexity index is 589. The molecule has 120 valence electrons. The number of aromatic nitrogens is 1. The first-order chi connectivity index (χ1) is 10.1. The van der Waals surface area contributed by atoms with E-state index in [9.17, 15) is 4.79 Å². The van der Waals surface area contributed by atoms with Crippen LogP contribution >= 0.6 is 15.9 Å². The van der Waals surface area contributed by atoms with Crippen LogP contribution < -0.4 is 10.2 Å². The Labute approximate surface area is 138 Å². The second kappa shape index (κ2) is 5.83. The summed E-state index contributed by atoms with van der Waals surface area (Å²) in [4.78, 5) is 16.1. The molecule has 1 aliphatic rings. The van der Waals surface area contributed by atoms with Gasteiger partial charge in [-0.15, -0.1) is 0 Å². The molecule has 0 bridgehead atoms. The number of ether oxygens (including phenoxy) is 2. The Morgan fingerprint density at radius 1 is 1.23 bits per heavy atom. The van der Waals surface area contributed by atoms with Crippen LogP contribution in [0.4, 0.5) is 0 Å². The third kappa shape index (κ3) is 2.87. The minimum absolute atomic E-state index is 0.180. The molecule has 0 radical (unpaired) electrons. The van der Waals surface area contributed by atoms with E-state index < -0.39 is 24.3 Å². The summed E-state index contributed by atoms with van der Waals surface area (Å²) in [5.74, 6) is -0.353. The van der Waals surface area contributed by atoms with E-state index in [-0.39, 0.29) is 11.4 Å². The SMILES string of the molecule is COC(=O)c1cc(B2OC(C)(C)C(C)(C)O2)c(Br)nc1OC. The molecule has 0 unspecified atom stereocenters. The zero-order valence-electron chi connectivity index (χ0n) is 13.5. The summed E-state index contributed by atoms with van der Waals surface area (Å²) >= 11 is 3.38. The van der Waals surface area contributed by atoms with Crippen molar-refractivity contribution in [1.29, 1.82) is 0 Å². The van der Waals surface area contributed by atoms with E-state index in [4.69, 9.17) is 18.8 Å². The number of rotatable bonds is 3. The number of hydrogen-bond acceptors (Lipinski definition) is 6. The minimum atomic E-state index is -0.638. The van der Waals surface area contributed by atoms with E-state index in [1.165, 1.54) is 14.2 Å². The zero-order chi connectivity index (χ0) is 16.7. The number of esters is 1. The van der Waals surface area contributed by atoms with E-state index >= 15 is 0 Å². The lowest BCUT2D eigenvalue weighted by Gasteiger charge is -2.32. The molecule has 0 amide bonds. The first kappa shape index (κ1) is 17.2. The van der Waals surface area contributed by atoms with Crippen LogP contribution in [0.3, 0.4) is 0 Å². The van der Waals surface area contributed by atoms with Gasteiger partial charge >= 0.3 is 13.1 Å². The summed E-state index contributed by atoms with van der Waals surface area (Å²) in [6.07, 6.45) is 0. The van der Waals surface area contributed by atoms with Crippen molar-refractivity contribution in [3.63, 3.8) is 0 Å². The van der Waals surface area contributed by atoms with Gasteiger partial charge in [0.05, 0.1) is 25.4 Å². The van der Waals surface area contributed by atoms with Crippen molar-refractivity contribution in [3.05, 3.63) is 16.2 Å². The first-order valence-corrected chi connectivity index (χ1v) is 7.60. The van der Waals surface area contributed by atoms with E-state index in [1.807, 2.05) is 27.7 Å². The van der Waals surface area contributed by atoms with Crippen molar-refractivity contribution in [2.75, 3.05) is 14.2 Å². The van der Waals surface area contributed by atoms with Gasteiger partial charge in [-0.1, -0.05) is 0 Å². The highest BCUT2D eigenvalue weighted by molar-refractivity contribution is 9.10. The number of nitrogens with zero attached hydrogens (tertiary/aromatic N) is 1. The number of carbonyl (C=O) groups is 1. The highest BCUT2D eigenvalue weighted by Gasteiger charge is 2.52. The van der Waals surface area contributed by atoms with Gasteiger partial charge in [-0.25, -0.2) is 9.78 Å². The fraction of sp³-hybridized carbons (Fsp3) is 0.571. The molecule has 6 nitrogen and oxygen atoms in total. The lowest BCUT2D eigenvalue weighted by atomic mass is 9.79. The van der Waals surface area contributed by atoms with Crippen molar-refractivity contribution in [2.45, 2.75) is 38.9 Å². The van der Waals surface area contributed by atoms with E-state index in [1.54, 1.807) is 6.07 Å². The summed E-state index contributed by atoms with van der Waals surface area (Å²) in [6, 6.07) is 1.61. The Morgan fingerprint density at radius 3 is 2.23 bits per heavy atom. The Hall–Kier alpha value is -1.12. The molecule has 2 rings (SSSR count). The van der Waals surface area contributed by atoms with Gasteiger partial charge in [0.2, 0.25) is 5.88 Å². The van der Waals surface area contributed by atoms with Gasteiger partial charge in [-0.3, -0.25) is 0 Å². The largest absolute Gasteiger partial charge is 0.497 e. The average molecular weight is 372 g/mol. The number of carbonyl (C=O) groups excluding carboxylic acids is 1. The molecule has 0 aliphatic carbocycles. The van der Waals surface area contributed by atoms with Crippen LogP contribution in [-0.4, -0.2) is 43.5 Å². The molecule has 0 saturated carbocycles. The molecule has 22 heavy (non-hydrogen) atoms. The molecule has 0 spiro atoms. The summed E-state index contributed by atoms with van der Waals surface area (Å²) in [5.41, 5.74) is -0.136. The molecule has 1 fully saturated rings. The third-order valence-corrected chi connectivity index (χ3v) is 4.71. The van der Waals surface area contributed by atoms with Gasteiger partial charge in [0.1, 0.15) is 10.2 Å². The van der Waals surface area contributed by atoms with Gasteiger partial charge in [-0.2, -0.15) is 0 Å². The molecule has 0 atom stereocenters. The first-order valence-electron chi connectivity index (χ1n) is 6.81. The fourth-order valence-corrected chi connectivity index (χ4v) is 2.50. The predicted octanol–water partition coefficient (Wildman–Crippen LogP) is 1.94. The number of halogens is 1. The number of methoxy groups -OCH3 is 2. The molecule has 1 saturated heterocycles. The van der Waals surface area contributed by atoms with Gasteiger partial charge in [0.25, 0.3) is 0 Å². The van der Waals surface area contributed by atoms with Crippen LogP contribution in [0.5, 0.6) is 5.88 Å². The van der Waals surface area contributed by atoms with Crippen LogP contribution in [0, 0.1) is 0 Å². The summed E-state index contributed by atoms with van der Waals surface area (Å²) in [6.45, 7) is 7.83. The summed E-state index contributed by atoms with van der Waals surface area (Å²) in [5, 5.41) is 0. The maximum atomic E-state index is 11.9. The molecule has 0 N–H and O–H groups in total. The van der Waals surface area contributed by atoms with Crippen molar-refractivity contribution >= 4 is 34.5 Å². The zero-order valence-corrected chi connectivity index (χ0v) is 15.1. The topological polar surface area (TPSA) is 66.9 Å². The molecular weight excluding hydrogens is 353 g/mol. The number of pyridine rings is 1. The molecule has 2 heterocycles. The predicted molar refractivity (Wildman–Crippen MR) is 85.5 cm³/mol. The lowest BCUT2D eigenvalue weighted by molar-refractivity contribution is 0.00578. The monoisotopic (exact) mass is 371 g/mol. The van der Waals surface area contributed by atoms with Crippen LogP contribution in [0.1, 0.15) is 38.1 Å². The average Bonchev–Trinajstić information content (AvgIpc) is 2.65. The molecule has 8 heteroatoms. The fourth-order valence-electron chi connectivity index (χ4n) is 2.04. The van der Waals surface area contributed by atoms with Crippen LogP contribution in [0.2, 0.25) is 0 Å². The normalized spacial score (nSPS) is 19.1. The van der Waals surface area contributed by atoms with Crippen LogP contribution in [-0.2, 0) is 14.0 Å². The summed E-state index contributed by atoms with van der Waals surface area (Å²) < 4.78 is 22.4. The molecular formula is C14H19BBrNO5. The summed E-state index contributed by atoms with van der Waals surface area (Å²) in [7, 11) is 2.11. The van der Waals surface area contributed by atoms with E-state index in [2.05, 4.69) is 20.9 Å². The lowest BCUT2D eigenvalue weighted by Crippen LogP contribution is -2.41. The molecule has 1 aromatic heterocycles. The molecule has 1 aliphatic heterocycles. The van der Waals surface area contributed by atoms with Crippen molar-refractivity contribution in [1.82, 2.24) is 4.98 Å². The Balaban J connectivity index is 2.47. The molecule has 1 aromatic rings. The minimum Gasteiger partial charge on any atom is -0.480 e. The standard InChI is InChI=1S/C14H19BBrNO5/c1-13(2)14(3,4)22-15(21-13)9-7-8(12(18)20-6)11(19-5)17-10(9)16/h7H,1-6H3. The Morgan fingerprint density at radius 2 is 1.77 bits per heavy atom. The van der Waals surface area contributed by atoms with Crippen molar-refractivity contribution in [3.8, 4) is 5.88 Å². The van der Waals surface area contributed by atoms with Gasteiger partial charge < -0.3 is 18.8 Å². The van der Waals surface area contributed by atoms with Crippen molar-refractivity contribution < 1.29 is 23.6 Å². The van der Waals surface area contributed by atoms with Gasteiger partial charge in [0.15, 0.2) is 0 Å². The van der Waals surface area contributed by atoms with Crippen LogP contribution in [0.25, 0.3) is 0 Å².